The van der Waals surface area contributed by atoms with E-state index < -0.39 is 9.04 Å². The molecule has 0 saturated carbocycles. The van der Waals surface area contributed by atoms with Crippen LogP contribution in [0.25, 0.3) is 0 Å². The number of nitrogens with one attached hydrogen (secondary N) is 1. The van der Waals surface area contributed by atoms with Crippen LogP contribution in [0.3, 0.4) is 0 Å². The van der Waals surface area contributed by atoms with Crippen LogP contribution >= 0.6 is 0 Å². The van der Waals surface area contributed by atoms with Crippen LogP contribution in [0, 0.1) is 11.3 Å². The minimum Gasteiger partial charge on any atom is -0.398 e. The molecule has 5 heteroatoms. The van der Waals surface area contributed by atoms with Crippen LogP contribution in [-0.4, -0.2) is 40.8 Å². The second-order valence-corrected chi connectivity index (χ2v) is 8.84. The Labute approximate surface area is 112 Å². The van der Waals surface area contributed by atoms with Crippen molar-refractivity contribution >= 4 is 14.8 Å². The third-order valence-electron chi connectivity index (χ3n) is 3.36. The maximum atomic E-state index is 12.0. The molecule has 0 spiro atoms. The zero-order valence-electron chi connectivity index (χ0n) is 12.3. The van der Waals surface area contributed by atoms with Crippen molar-refractivity contribution in [1.82, 2.24) is 5.32 Å². The highest BCUT2D eigenvalue weighted by atomic mass is 28.3. The zero-order chi connectivity index (χ0) is 13.8. The van der Waals surface area contributed by atoms with Gasteiger partial charge in [-0.1, -0.05) is 20.8 Å². The van der Waals surface area contributed by atoms with E-state index in [4.69, 9.17) is 9.16 Å². The van der Waals surface area contributed by atoms with Crippen molar-refractivity contribution in [3.05, 3.63) is 0 Å². The predicted octanol–water partition coefficient (Wildman–Crippen LogP) is 1.55. The number of hydrogen-bond donors (Lipinski definition) is 1. The van der Waals surface area contributed by atoms with Crippen molar-refractivity contribution in [3.63, 3.8) is 0 Å². The first kappa shape index (κ1) is 15.8. The third-order valence-corrected chi connectivity index (χ3v) is 4.16. The molecule has 106 valence electrons. The van der Waals surface area contributed by atoms with Gasteiger partial charge in [0.05, 0.1) is 0 Å². The van der Waals surface area contributed by atoms with Gasteiger partial charge in [0.2, 0.25) is 0 Å². The van der Waals surface area contributed by atoms with Crippen LogP contribution < -0.4 is 5.32 Å². The van der Waals surface area contributed by atoms with E-state index in [1.807, 2.05) is 0 Å². The summed E-state index contributed by atoms with van der Waals surface area (Å²) in [6, 6.07) is 0.422. The third kappa shape index (κ3) is 5.18. The van der Waals surface area contributed by atoms with E-state index in [0.717, 1.165) is 13.0 Å². The number of Topliss-reactive ketones (excluding diaryl/α,β-unsaturated/α-hetero) is 1. The van der Waals surface area contributed by atoms with Crippen molar-refractivity contribution in [3.8, 4) is 0 Å². The Morgan fingerprint density at radius 1 is 1.39 bits per heavy atom. The van der Waals surface area contributed by atoms with E-state index in [1.54, 1.807) is 0 Å². The largest absolute Gasteiger partial charge is 0.398 e. The molecule has 1 aliphatic heterocycles. The summed E-state index contributed by atoms with van der Waals surface area (Å²) in [5.74, 6) is 0.300. The van der Waals surface area contributed by atoms with Gasteiger partial charge in [0.15, 0.2) is 14.8 Å². The molecule has 0 aliphatic carbocycles. The molecule has 1 heterocycles. The zero-order valence-corrected chi connectivity index (χ0v) is 13.4. The Morgan fingerprint density at radius 2 is 2.06 bits per heavy atom. The quantitative estimate of drug-likeness (QED) is 0.453. The van der Waals surface area contributed by atoms with Gasteiger partial charge in [-0.05, 0) is 24.9 Å². The van der Waals surface area contributed by atoms with Crippen molar-refractivity contribution < 1.29 is 14.0 Å². The van der Waals surface area contributed by atoms with E-state index in [2.05, 4.69) is 39.2 Å². The van der Waals surface area contributed by atoms with E-state index in [1.165, 1.54) is 0 Å². The molecule has 1 fully saturated rings. The second-order valence-electron chi connectivity index (χ2n) is 6.41. The Bertz CT molecular complexity index is 276. The van der Waals surface area contributed by atoms with Crippen LogP contribution in [0.15, 0.2) is 0 Å². The van der Waals surface area contributed by atoms with Gasteiger partial charge >= 0.3 is 0 Å². The van der Waals surface area contributed by atoms with Crippen LogP contribution in [-0.2, 0) is 14.0 Å². The number of hydrogen-bond acceptors (Lipinski definition) is 4. The second kappa shape index (κ2) is 6.80. The van der Waals surface area contributed by atoms with Gasteiger partial charge < -0.3 is 14.5 Å². The van der Waals surface area contributed by atoms with Gasteiger partial charge in [-0.2, -0.15) is 0 Å². The average Bonchev–Trinajstić information content (AvgIpc) is 2.72. The Hall–Kier alpha value is -0.233. The smallest absolute Gasteiger partial charge is 0.174 e. The van der Waals surface area contributed by atoms with Crippen LogP contribution in [0.2, 0.25) is 13.1 Å². The fraction of sp³-hybridized carbons (Fsp3) is 0.923. The molecule has 0 bridgehead atoms. The summed E-state index contributed by atoms with van der Waals surface area (Å²) >= 11 is 0. The number of carbonyl (C=O) groups is 1. The first-order valence-corrected chi connectivity index (χ1v) is 9.54. The fourth-order valence-corrected chi connectivity index (χ4v) is 2.45. The molecule has 1 rings (SSSR count). The molecule has 18 heavy (non-hydrogen) atoms. The SMILES string of the molecule is C[SiH](C)OCOCC(=O)[C@H]1CN[C@H](C(C)(C)C)C1. The predicted molar refractivity (Wildman–Crippen MR) is 75.1 cm³/mol. The number of rotatable bonds is 6. The summed E-state index contributed by atoms with van der Waals surface area (Å²) in [5.41, 5.74) is 0.211. The topological polar surface area (TPSA) is 47.6 Å². The summed E-state index contributed by atoms with van der Waals surface area (Å²) in [6.45, 7) is 12.0. The van der Waals surface area contributed by atoms with Gasteiger partial charge in [0, 0.05) is 18.5 Å². The highest BCUT2D eigenvalue weighted by Crippen LogP contribution is 2.29. The molecule has 2 atom stereocenters. The molecule has 1 aliphatic rings. The van der Waals surface area contributed by atoms with Gasteiger partial charge in [0.25, 0.3) is 0 Å². The van der Waals surface area contributed by atoms with Gasteiger partial charge in [-0.25, -0.2) is 0 Å². The summed E-state index contributed by atoms with van der Waals surface area (Å²) in [6.07, 6.45) is 0.922. The van der Waals surface area contributed by atoms with Gasteiger partial charge in [-0.3, -0.25) is 4.79 Å². The maximum Gasteiger partial charge on any atom is 0.174 e. The molecule has 4 nitrogen and oxygen atoms in total. The fourth-order valence-electron chi connectivity index (χ4n) is 2.09. The van der Waals surface area contributed by atoms with Crippen LogP contribution in [0.5, 0.6) is 0 Å². The normalized spacial score (nSPS) is 24.8. The van der Waals surface area contributed by atoms with Crippen molar-refractivity contribution in [2.24, 2.45) is 11.3 Å². The summed E-state index contributed by atoms with van der Waals surface area (Å²) < 4.78 is 10.7. The first-order valence-electron chi connectivity index (χ1n) is 6.76. The van der Waals surface area contributed by atoms with E-state index in [-0.39, 0.29) is 30.5 Å². The van der Waals surface area contributed by atoms with Crippen molar-refractivity contribution in [1.29, 1.82) is 0 Å². The Morgan fingerprint density at radius 3 is 2.56 bits per heavy atom. The Balaban J connectivity index is 2.24. The molecule has 1 saturated heterocycles. The number of ketones is 1. The van der Waals surface area contributed by atoms with E-state index in [0.29, 0.717) is 6.04 Å². The van der Waals surface area contributed by atoms with E-state index >= 15 is 0 Å². The number of ether oxygens (including phenoxy) is 1. The van der Waals surface area contributed by atoms with Gasteiger partial charge in [0.1, 0.15) is 13.4 Å². The highest BCUT2D eigenvalue weighted by Gasteiger charge is 2.35. The minimum atomic E-state index is -1.04. The average molecular weight is 273 g/mol. The monoisotopic (exact) mass is 273 g/mol. The van der Waals surface area contributed by atoms with Crippen molar-refractivity contribution in [2.75, 3.05) is 19.9 Å². The molecule has 0 aromatic rings. The van der Waals surface area contributed by atoms with Crippen LogP contribution in [0.4, 0.5) is 0 Å². The molecular weight excluding hydrogens is 246 g/mol. The maximum absolute atomic E-state index is 12.0. The van der Waals surface area contributed by atoms with Crippen molar-refractivity contribution in [2.45, 2.75) is 46.3 Å². The first-order chi connectivity index (χ1) is 8.30. The lowest BCUT2D eigenvalue weighted by Crippen LogP contribution is -2.34. The highest BCUT2D eigenvalue weighted by molar-refractivity contribution is 6.48. The lowest BCUT2D eigenvalue weighted by Gasteiger charge is -2.26. The summed E-state index contributed by atoms with van der Waals surface area (Å²) in [7, 11) is -1.04. The molecular formula is C13H27NO3Si. The lowest BCUT2D eigenvalue weighted by molar-refractivity contribution is -0.129. The molecule has 0 unspecified atom stereocenters. The van der Waals surface area contributed by atoms with E-state index in [9.17, 15) is 4.79 Å². The molecule has 0 radical (unpaired) electrons. The number of carbonyl (C=O) groups excluding carboxylic acids is 1. The minimum absolute atomic E-state index is 0.102. The molecule has 0 amide bonds. The lowest BCUT2D eigenvalue weighted by atomic mass is 9.84. The molecule has 0 aromatic carbocycles. The summed E-state index contributed by atoms with van der Waals surface area (Å²) in [5, 5.41) is 3.44. The molecule has 1 N–H and O–H groups in total. The molecule has 0 aromatic heterocycles. The summed E-state index contributed by atoms with van der Waals surface area (Å²) in [4.78, 5) is 12.0. The van der Waals surface area contributed by atoms with Crippen LogP contribution in [0.1, 0.15) is 27.2 Å². The van der Waals surface area contributed by atoms with Gasteiger partial charge in [-0.15, -0.1) is 0 Å². The standard InChI is InChI=1S/C13H27NO3Si/c1-13(2,3)12-6-10(7-14-12)11(15)8-16-9-17-18(4)5/h10,12,14,18H,6-9H2,1-5H3/t10-,12+/m1/s1. The Kier molecular flexibility index (Phi) is 5.97.